The van der Waals surface area contributed by atoms with Crippen LogP contribution in [0.5, 0.6) is 0 Å². The molecule has 0 aromatic carbocycles. The van der Waals surface area contributed by atoms with Crippen molar-refractivity contribution in [2.75, 3.05) is 0 Å². The van der Waals surface area contributed by atoms with Gasteiger partial charge in [0, 0.05) is 12.0 Å². The fourth-order valence-electron chi connectivity index (χ4n) is 1.79. The molecular weight excluding hydrogens is 186 g/mol. The number of rotatable bonds is 2. The summed E-state index contributed by atoms with van der Waals surface area (Å²) in [5, 5.41) is 22.3. The molecular formula is C8H15N3O3. The van der Waals surface area contributed by atoms with Gasteiger partial charge in [0.05, 0.1) is 0 Å². The normalized spacial score (nSPS) is 28.4. The summed E-state index contributed by atoms with van der Waals surface area (Å²) < 4.78 is 0. The number of oxime groups is 1. The first-order valence-corrected chi connectivity index (χ1v) is 4.60. The van der Waals surface area contributed by atoms with Crippen LogP contribution in [0.3, 0.4) is 0 Å². The highest BCUT2D eigenvalue weighted by atomic mass is 16.4. The Balaban J connectivity index is 2.35. The van der Waals surface area contributed by atoms with E-state index in [4.69, 9.17) is 16.0 Å². The van der Waals surface area contributed by atoms with Gasteiger partial charge >= 0.3 is 6.09 Å². The minimum absolute atomic E-state index is 0.00948. The van der Waals surface area contributed by atoms with Crippen LogP contribution in [-0.4, -0.2) is 28.3 Å². The van der Waals surface area contributed by atoms with E-state index in [-0.39, 0.29) is 17.8 Å². The number of hydrogen-bond acceptors (Lipinski definition) is 3. The lowest BCUT2D eigenvalue weighted by molar-refractivity contribution is 0.184. The Kier molecular flexibility index (Phi) is 3.55. The topological polar surface area (TPSA) is 108 Å². The van der Waals surface area contributed by atoms with Gasteiger partial charge in [-0.1, -0.05) is 5.16 Å². The van der Waals surface area contributed by atoms with Crippen LogP contribution in [0.15, 0.2) is 5.16 Å². The third kappa shape index (κ3) is 2.79. The molecule has 6 heteroatoms. The van der Waals surface area contributed by atoms with Crippen LogP contribution < -0.4 is 11.1 Å². The number of nitrogens with two attached hydrogens (primary N) is 1. The second-order valence-electron chi connectivity index (χ2n) is 3.52. The highest BCUT2D eigenvalue weighted by Gasteiger charge is 2.24. The minimum Gasteiger partial charge on any atom is -0.465 e. The number of amidine groups is 1. The molecule has 0 aromatic heterocycles. The van der Waals surface area contributed by atoms with E-state index in [1.807, 2.05) is 0 Å². The number of nitrogens with one attached hydrogen (secondary N) is 1. The van der Waals surface area contributed by atoms with E-state index in [2.05, 4.69) is 10.5 Å². The van der Waals surface area contributed by atoms with Crippen LogP contribution in [0.2, 0.25) is 0 Å². The summed E-state index contributed by atoms with van der Waals surface area (Å²) in [6, 6.07) is 0.00948. The lowest BCUT2D eigenvalue weighted by Crippen LogP contribution is -2.39. The molecule has 1 fully saturated rings. The molecule has 14 heavy (non-hydrogen) atoms. The van der Waals surface area contributed by atoms with Crippen LogP contribution >= 0.6 is 0 Å². The quantitative estimate of drug-likeness (QED) is 0.226. The molecule has 0 unspecified atom stereocenters. The van der Waals surface area contributed by atoms with Gasteiger partial charge in [-0.25, -0.2) is 4.79 Å². The fraction of sp³-hybridized carbons (Fsp3) is 0.750. The Hall–Kier alpha value is -1.46. The average molecular weight is 201 g/mol. The molecule has 80 valence electrons. The van der Waals surface area contributed by atoms with Crippen molar-refractivity contribution >= 4 is 11.9 Å². The van der Waals surface area contributed by atoms with Gasteiger partial charge in [0.1, 0.15) is 5.84 Å². The van der Waals surface area contributed by atoms with E-state index in [1.165, 1.54) is 0 Å². The summed E-state index contributed by atoms with van der Waals surface area (Å²) in [6.45, 7) is 0. The van der Waals surface area contributed by atoms with Crippen molar-refractivity contribution in [3.05, 3.63) is 0 Å². The standard InChI is InChI=1S/C8H15N3O3/c9-7(11-14)5-1-3-6(4-2-5)10-8(12)13/h5-6,10,14H,1-4H2,(H2,9,11)(H,12,13)/t5-,6-. The number of hydrogen-bond donors (Lipinski definition) is 4. The Morgan fingerprint density at radius 2 is 1.93 bits per heavy atom. The summed E-state index contributed by atoms with van der Waals surface area (Å²) >= 11 is 0. The molecule has 0 bridgehead atoms. The van der Waals surface area contributed by atoms with E-state index in [0.717, 1.165) is 25.7 Å². The summed E-state index contributed by atoms with van der Waals surface area (Å²) in [5.41, 5.74) is 5.46. The second-order valence-corrected chi connectivity index (χ2v) is 3.52. The largest absolute Gasteiger partial charge is 0.465 e. The number of carbonyl (C=O) groups is 1. The van der Waals surface area contributed by atoms with E-state index in [9.17, 15) is 4.79 Å². The van der Waals surface area contributed by atoms with Crippen molar-refractivity contribution in [2.24, 2.45) is 16.8 Å². The van der Waals surface area contributed by atoms with Gasteiger partial charge in [0.25, 0.3) is 0 Å². The Morgan fingerprint density at radius 3 is 2.36 bits per heavy atom. The molecule has 0 radical (unpaired) electrons. The van der Waals surface area contributed by atoms with Crippen LogP contribution in [0.1, 0.15) is 25.7 Å². The van der Waals surface area contributed by atoms with E-state index in [1.54, 1.807) is 0 Å². The molecule has 0 heterocycles. The maximum absolute atomic E-state index is 10.3. The van der Waals surface area contributed by atoms with Crippen molar-refractivity contribution in [1.29, 1.82) is 0 Å². The van der Waals surface area contributed by atoms with Crippen LogP contribution in [0.4, 0.5) is 4.79 Å². The molecule has 1 aliphatic rings. The summed E-state index contributed by atoms with van der Waals surface area (Å²) in [7, 11) is 0. The molecule has 1 rings (SSSR count). The lowest BCUT2D eigenvalue weighted by atomic mass is 9.85. The zero-order valence-electron chi connectivity index (χ0n) is 7.81. The maximum Gasteiger partial charge on any atom is 0.404 e. The van der Waals surface area contributed by atoms with E-state index < -0.39 is 6.09 Å². The summed E-state index contributed by atoms with van der Waals surface area (Å²) in [6.07, 6.45) is 2.03. The minimum atomic E-state index is -0.989. The van der Waals surface area contributed by atoms with Crippen molar-refractivity contribution < 1.29 is 15.1 Å². The number of nitrogens with zero attached hydrogens (tertiary/aromatic N) is 1. The summed E-state index contributed by atoms with van der Waals surface area (Å²) in [4.78, 5) is 10.3. The second kappa shape index (κ2) is 4.69. The van der Waals surface area contributed by atoms with Crippen molar-refractivity contribution in [2.45, 2.75) is 31.7 Å². The molecule has 0 aromatic rings. The molecule has 6 nitrogen and oxygen atoms in total. The van der Waals surface area contributed by atoms with E-state index in [0.29, 0.717) is 0 Å². The van der Waals surface area contributed by atoms with Gasteiger partial charge in [0.15, 0.2) is 0 Å². The predicted octanol–water partition coefficient (Wildman–Crippen LogP) is 0.559. The smallest absolute Gasteiger partial charge is 0.404 e. The van der Waals surface area contributed by atoms with Crippen LogP contribution in [0, 0.1) is 5.92 Å². The molecule has 1 amide bonds. The maximum atomic E-state index is 10.3. The molecule has 0 saturated heterocycles. The lowest BCUT2D eigenvalue weighted by Gasteiger charge is -2.27. The highest BCUT2D eigenvalue weighted by molar-refractivity contribution is 5.82. The Labute approximate surface area is 81.8 Å². The molecule has 1 saturated carbocycles. The molecule has 0 aliphatic heterocycles. The zero-order valence-corrected chi connectivity index (χ0v) is 7.81. The van der Waals surface area contributed by atoms with Gasteiger partial charge in [-0.2, -0.15) is 0 Å². The zero-order chi connectivity index (χ0) is 10.6. The molecule has 1 aliphatic carbocycles. The molecule has 0 spiro atoms. The van der Waals surface area contributed by atoms with Crippen molar-refractivity contribution in [1.82, 2.24) is 5.32 Å². The van der Waals surface area contributed by atoms with Gasteiger partial charge in [-0.3, -0.25) is 0 Å². The third-order valence-electron chi connectivity index (χ3n) is 2.59. The highest BCUT2D eigenvalue weighted by Crippen LogP contribution is 2.24. The average Bonchev–Trinajstić information content (AvgIpc) is 2.17. The Morgan fingerprint density at radius 1 is 1.36 bits per heavy atom. The van der Waals surface area contributed by atoms with Gasteiger partial charge in [-0.15, -0.1) is 0 Å². The first kappa shape index (κ1) is 10.6. The van der Waals surface area contributed by atoms with Crippen LogP contribution in [0.25, 0.3) is 0 Å². The van der Waals surface area contributed by atoms with Gasteiger partial charge in [-0.05, 0) is 25.7 Å². The molecule has 5 N–H and O–H groups in total. The van der Waals surface area contributed by atoms with Crippen LogP contribution in [-0.2, 0) is 0 Å². The van der Waals surface area contributed by atoms with E-state index >= 15 is 0 Å². The van der Waals surface area contributed by atoms with Gasteiger partial charge in [0.2, 0.25) is 0 Å². The first-order chi connectivity index (χ1) is 6.63. The van der Waals surface area contributed by atoms with Crippen molar-refractivity contribution in [3.63, 3.8) is 0 Å². The predicted molar refractivity (Wildman–Crippen MR) is 50.3 cm³/mol. The third-order valence-corrected chi connectivity index (χ3v) is 2.59. The SMILES string of the molecule is N/C(=N\O)[C@H]1CC[C@H](NC(=O)O)CC1. The van der Waals surface area contributed by atoms with Gasteiger partial charge < -0.3 is 21.4 Å². The molecule has 0 atom stereocenters. The number of carboxylic acid groups (broad SMARTS) is 1. The first-order valence-electron chi connectivity index (χ1n) is 4.60. The number of amides is 1. The van der Waals surface area contributed by atoms with Crippen molar-refractivity contribution in [3.8, 4) is 0 Å². The monoisotopic (exact) mass is 201 g/mol. The fourth-order valence-corrected chi connectivity index (χ4v) is 1.79. The Bertz CT molecular complexity index is 234. The summed E-state index contributed by atoms with van der Waals surface area (Å²) in [5.74, 6) is 0.339.